The van der Waals surface area contributed by atoms with Gasteiger partial charge in [0.2, 0.25) is 0 Å². The van der Waals surface area contributed by atoms with Crippen molar-refractivity contribution >= 4 is 29.4 Å². The molecule has 1 aromatic heterocycles. The molecule has 2 fully saturated rings. The number of hydrogen-bond donors (Lipinski definition) is 1. The molecule has 0 radical (unpaired) electrons. The smallest absolute Gasteiger partial charge is 0.410 e. The lowest BCUT2D eigenvalue weighted by atomic mass is 10.0. The Morgan fingerprint density at radius 2 is 1.83 bits per heavy atom. The number of rotatable bonds is 2. The molecule has 2 aromatic rings. The van der Waals surface area contributed by atoms with Crippen LogP contribution in [0.5, 0.6) is 11.5 Å². The van der Waals surface area contributed by atoms with Crippen molar-refractivity contribution in [2.45, 2.75) is 58.3 Å². The Hall–Kier alpha value is -3.31. The van der Waals surface area contributed by atoms with Crippen LogP contribution in [0.1, 0.15) is 45.0 Å². The minimum Gasteiger partial charge on any atom is -0.507 e. The highest BCUT2D eigenvalue weighted by Gasteiger charge is 2.43. The number of piperazine rings is 2. The van der Waals surface area contributed by atoms with Gasteiger partial charge in [-0.05, 0) is 53.8 Å². The van der Waals surface area contributed by atoms with Gasteiger partial charge in [-0.25, -0.2) is 14.2 Å². The second-order valence-electron chi connectivity index (χ2n) is 12.0. The minimum atomic E-state index is -0.699. The highest BCUT2D eigenvalue weighted by atomic mass is 35.5. The third kappa shape index (κ3) is 5.37. The van der Waals surface area contributed by atoms with Crippen molar-refractivity contribution in [1.82, 2.24) is 19.7 Å². The van der Waals surface area contributed by atoms with E-state index in [1.165, 1.54) is 18.2 Å². The minimum absolute atomic E-state index is 0.00199. The molecule has 12 heteroatoms. The summed E-state index contributed by atoms with van der Waals surface area (Å²) in [5, 5.41) is 10.6. The fourth-order valence-corrected chi connectivity index (χ4v) is 5.95. The summed E-state index contributed by atoms with van der Waals surface area (Å²) < 4.78 is 26.9. The molecule has 0 saturated carbocycles. The molecule has 3 atom stereocenters. The van der Waals surface area contributed by atoms with Crippen LogP contribution in [-0.2, 0) is 4.74 Å². The molecule has 41 heavy (non-hydrogen) atoms. The van der Waals surface area contributed by atoms with Crippen molar-refractivity contribution in [1.29, 1.82) is 0 Å². The van der Waals surface area contributed by atoms with Gasteiger partial charge in [0.15, 0.2) is 5.75 Å². The van der Waals surface area contributed by atoms with Crippen molar-refractivity contribution in [2.75, 3.05) is 51.3 Å². The number of halogens is 2. The third-order valence-corrected chi connectivity index (χ3v) is 8.53. The van der Waals surface area contributed by atoms with Crippen molar-refractivity contribution in [3.05, 3.63) is 34.6 Å². The Kier molecular flexibility index (Phi) is 7.71. The van der Waals surface area contributed by atoms with E-state index in [0.29, 0.717) is 18.9 Å². The molecule has 4 heterocycles. The Bertz CT molecular complexity index is 1350. The summed E-state index contributed by atoms with van der Waals surface area (Å²) >= 11 is 6.84. The number of anilines is 1. The quantitative estimate of drug-likeness (QED) is 0.556. The van der Waals surface area contributed by atoms with E-state index >= 15 is 4.39 Å². The number of nitrogens with zero attached hydrogens (tertiary/aromatic N) is 5. The summed E-state index contributed by atoms with van der Waals surface area (Å²) in [7, 11) is 2.04. The zero-order valence-electron chi connectivity index (χ0n) is 24.3. The molecule has 1 N–H and O–H groups in total. The van der Waals surface area contributed by atoms with Gasteiger partial charge in [0.25, 0.3) is 5.91 Å². The number of aromatic nitrogens is 1. The molecule has 3 aliphatic rings. The van der Waals surface area contributed by atoms with Gasteiger partial charge in [0.1, 0.15) is 45.9 Å². The third-order valence-electron chi connectivity index (χ3n) is 8.18. The largest absolute Gasteiger partial charge is 0.507 e. The summed E-state index contributed by atoms with van der Waals surface area (Å²) in [4.78, 5) is 39.4. The monoisotopic (exact) mass is 589 g/mol. The van der Waals surface area contributed by atoms with Gasteiger partial charge in [-0.15, -0.1) is 0 Å². The summed E-state index contributed by atoms with van der Waals surface area (Å²) in [5.41, 5.74) is -0.617. The first-order valence-electron chi connectivity index (χ1n) is 13.9. The lowest BCUT2D eigenvalue weighted by Crippen LogP contribution is -2.58. The standard InChI is InChI=1S/C29H37ClFN5O5/c1-16-17(2)35(12-10-33(16)6)26-22-25(23(30)24(32-26)21-19(31)8-7-9-20(21)37)40-15-18-14-34(11-13-36(18)27(22)38)28(39)41-29(3,4)5/h7-9,16-18,37H,10-15H2,1-6H3/t16?,17?,18-/m1/s1. The molecule has 2 amide bonds. The number of fused-ring (bicyclic) bond motifs is 2. The van der Waals surface area contributed by atoms with E-state index in [1.54, 1.807) is 30.6 Å². The van der Waals surface area contributed by atoms with Crippen LogP contribution in [0.4, 0.5) is 15.0 Å². The normalized spacial score (nSPS) is 23.5. The molecule has 0 bridgehead atoms. The summed E-state index contributed by atoms with van der Waals surface area (Å²) in [6.45, 7) is 11.7. The number of phenolic OH excluding ortho intramolecular Hbond substituents is 1. The van der Waals surface area contributed by atoms with E-state index < -0.39 is 23.6 Å². The molecule has 10 nitrogen and oxygen atoms in total. The number of aromatic hydroxyl groups is 1. The molecular weight excluding hydrogens is 553 g/mol. The molecule has 2 unspecified atom stereocenters. The first-order valence-corrected chi connectivity index (χ1v) is 14.3. The molecular formula is C29H37ClFN5O5. The Balaban J connectivity index is 1.61. The molecule has 0 aliphatic carbocycles. The van der Waals surface area contributed by atoms with Gasteiger partial charge >= 0.3 is 6.09 Å². The van der Waals surface area contributed by atoms with Crippen molar-refractivity contribution in [3.63, 3.8) is 0 Å². The predicted octanol–water partition coefficient (Wildman–Crippen LogP) is 4.23. The average Bonchev–Trinajstić information content (AvgIpc) is 3.04. The van der Waals surface area contributed by atoms with Crippen LogP contribution in [0.25, 0.3) is 11.3 Å². The van der Waals surface area contributed by atoms with Crippen molar-refractivity contribution in [3.8, 4) is 22.8 Å². The predicted molar refractivity (Wildman–Crippen MR) is 153 cm³/mol. The lowest BCUT2D eigenvalue weighted by molar-refractivity contribution is 0.000951. The van der Waals surface area contributed by atoms with Gasteiger partial charge in [0.05, 0.1) is 11.6 Å². The topological polar surface area (TPSA) is 98.7 Å². The van der Waals surface area contributed by atoms with E-state index in [2.05, 4.69) is 11.8 Å². The zero-order valence-corrected chi connectivity index (χ0v) is 25.0. The van der Waals surface area contributed by atoms with Gasteiger partial charge in [-0.1, -0.05) is 17.7 Å². The fourth-order valence-electron chi connectivity index (χ4n) is 5.66. The second kappa shape index (κ2) is 10.8. The van der Waals surface area contributed by atoms with Crippen molar-refractivity contribution in [2.24, 2.45) is 0 Å². The molecule has 0 spiro atoms. The summed E-state index contributed by atoms with van der Waals surface area (Å²) in [6.07, 6.45) is -0.454. The van der Waals surface area contributed by atoms with Gasteiger partial charge in [-0.2, -0.15) is 0 Å². The van der Waals surface area contributed by atoms with Gasteiger partial charge < -0.3 is 29.3 Å². The summed E-state index contributed by atoms with van der Waals surface area (Å²) in [6, 6.07) is 3.59. The molecule has 1 aromatic carbocycles. The van der Waals surface area contributed by atoms with Crippen LogP contribution in [0, 0.1) is 5.82 Å². The summed E-state index contributed by atoms with van der Waals surface area (Å²) in [5.74, 6) is -0.921. The first-order chi connectivity index (χ1) is 19.3. The second-order valence-corrected chi connectivity index (χ2v) is 12.4. The van der Waals surface area contributed by atoms with E-state index in [4.69, 9.17) is 26.1 Å². The zero-order chi connectivity index (χ0) is 29.8. The Morgan fingerprint density at radius 3 is 2.51 bits per heavy atom. The van der Waals surface area contributed by atoms with Crippen LogP contribution in [0.2, 0.25) is 5.02 Å². The van der Waals surface area contributed by atoms with Crippen LogP contribution < -0.4 is 9.64 Å². The number of carbonyl (C=O) groups excluding carboxylic acids is 2. The number of pyridine rings is 1. The van der Waals surface area contributed by atoms with Crippen LogP contribution in [0.3, 0.4) is 0 Å². The van der Waals surface area contributed by atoms with Crippen LogP contribution >= 0.6 is 11.6 Å². The molecule has 222 valence electrons. The van der Waals surface area contributed by atoms with Gasteiger partial charge in [0, 0.05) is 44.8 Å². The molecule has 5 rings (SSSR count). The van der Waals surface area contributed by atoms with E-state index in [-0.39, 0.29) is 71.0 Å². The number of phenols is 1. The maximum atomic E-state index is 15.1. The van der Waals surface area contributed by atoms with E-state index in [0.717, 1.165) is 6.54 Å². The number of hydrogen-bond acceptors (Lipinski definition) is 8. The highest BCUT2D eigenvalue weighted by molar-refractivity contribution is 6.35. The number of benzene rings is 1. The van der Waals surface area contributed by atoms with Crippen LogP contribution in [0.15, 0.2) is 18.2 Å². The van der Waals surface area contributed by atoms with E-state index in [1.807, 2.05) is 18.9 Å². The van der Waals surface area contributed by atoms with Crippen molar-refractivity contribution < 1.29 is 28.6 Å². The number of amides is 2. The maximum Gasteiger partial charge on any atom is 0.410 e. The Morgan fingerprint density at radius 1 is 1.12 bits per heavy atom. The first kappa shape index (κ1) is 29.2. The fraction of sp³-hybridized carbons (Fsp3) is 0.552. The van der Waals surface area contributed by atoms with Crippen LogP contribution in [-0.4, -0.2) is 107 Å². The maximum absolute atomic E-state index is 15.1. The number of ether oxygens (including phenoxy) is 2. The Labute approximate surface area is 244 Å². The van der Waals surface area contributed by atoms with Gasteiger partial charge in [-0.3, -0.25) is 9.69 Å². The lowest BCUT2D eigenvalue weighted by Gasteiger charge is -2.45. The molecule has 3 aliphatic heterocycles. The average molecular weight is 590 g/mol. The number of carbonyl (C=O) groups is 2. The SMILES string of the molecule is CC1C(C)N(c2nc(-c3c(O)cccc3F)c(Cl)c3c2C(=O)N2CCN(C(=O)OC(C)(C)C)C[C@@H]2CO3)CCN1C. The number of likely N-dealkylation sites (N-methyl/N-ethyl adjacent to an activating group) is 1. The highest BCUT2D eigenvalue weighted by Crippen LogP contribution is 2.46. The molecule has 2 saturated heterocycles. The van der Waals surface area contributed by atoms with E-state index in [9.17, 15) is 14.7 Å².